The summed E-state index contributed by atoms with van der Waals surface area (Å²) < 4.78 is 0. The van der Waals surface area contributed by atoms with Crippen molar-refractivity contribution in [3.8, 4) is 0 Å². The van der Waals surface area contributed by atoms with Gasteiger partial charge < -0.3 is 4.90 Å². The van der Waals surface area contributed by atoms with Crippen LogP contribution in [0.4, 0.5) is 0 Å². The largest absolute Gasteiger partial charge is 0.301 e. The molecule has 1 heterocycles. The molecule has 1 atom stereocenters. The molecule has 0 aromatic carbocycles. The highest BCUT2D eigenvalue weighted by molar-refractivity contribution is 4.82. The van der Waals surface area contributed by atoms with E-state index in [1.807, 2.05) is 0 Å². The van der Waals surface area contributed by atoms with E-state index in [0.717, 1.165) is 6.04 Å². The Morgan fingerprint density at radius 3 is 2.38 bits per heavy atom. The minimum atomic E-state index is 0.712. The van der Waals surface area contributed by atoms with Gasteiger partial charge in [0.1, 0.15) is 0 Å². The number of piperazine rings is 1. The van der Waals surface area contributed by atoms with E-state index in [2.05, 4.69) is 37.5 Å². The molecular formula is C11H24N2. The summed E-state index contributed by atoms with van der Waals surface area (Å²) in [7, 11) is 0. The van der Waals surface area contributed by atoms with Crippen LogP contribution in [0.25, 0.3) is 0 Å². The second-order valence-electron chi connectivity index (χ2n) is 4.29. The number of rotatable bonds is 3. The number of nitrogens with zero attached hydrogens (tertiary/aromatic N) is 2. The van der Waals surface area contributed by atoms with Crippen LogP contribution in [0.3, 0.4) is 0 Å². The van der Waals surface area contributed by atoms with Crippen LogP contribution in [-0.4, -0.2) is 48.1 Å². The lowest BCUT2D eigenvalue weighted by molar-refractivity contribution is 0.0521. The topological polar surface area (TPSA) is 6.48 Å². The van der Waals surface area contributed by atoms with Crippen molar-refractivity contribution in [1.82, 2.24) is 9.80 Å². The number of hydrogen-bond donors (Lipinski definition) is 0. The van der Waals surface area contributed by atoms with Gasteiger partial charge in [-0.05, 0) is 26.8 Å². The van der Waals surface area contributed by atoms with Gasteiger partial charge in [0.15, 0.2) is 0 Å². The molecule has 0 bridgehead atoms. The van der Waals surface area contributed by atoms with Crippen molar-refractivity contribution in [3.05, 3.63) is 0 Å². The number of hydrogen-bond acceptors (Lipinski definition) is 2. The Balaban J connectivity index is 2.50. The summed E-state index contributed by atoms with van der Waals surface area (Å²) in [5.74, 6) is 0. The Morgan fingerprint density at radius 1 is 1.23 bits per heavy atom. The first-order chi connectivity index (χ1) is 6.19. The lowest BCUT2D eigenvalue weighted by atomic mass is 10.1. The van der Waals surface area contributed by atoms with Gasteiger partial charge in [-0.15, -0.1) is 0 Å². The van der Waals surface area contributed by atoms with E-state index in [-0.39, 0.29) is 0 Å². The lowest BCUT2D eigenvalue weighted by Crippen LogP contribution is -2.54. The quantitative estimate of drug-likeness (QED) is 0.660. The van der Waals surface area contributed by atoms with Gasteiger partial charge in [-0.3, -0.25) is 4.90 Å². The Kier molecular flexibility index (Phi) is 4.20. The fourth-order valence-electron chi connectivity index (χ4n) is 2.26. The molecule has 2 nitrogen and oxygen atoms in total. The van der Waals surface area contributed by atoms with Gasteiger partial charge in [-0.25, -0.2) is 0 Å². The molecule has 0 aromatic rings. The molecule has 1 aliphatic heterocycles. The molecule has 1 aliphatic rings. The third-order valence-electron chi connectivity index (χ3n) is 3.19. The Morgan fingerprint density at radius 2 is 1.92 bits per heavy atom. The highest BCUT2D eigenvalue weighted by Crippen LogP contribution is 2.15. The molecule has 0 N–H and O–H groups in total. The van der Waals surface area contributed by atoms with Gasteiger partial charge >= 0.3 is 0 Å². The summed E-state index contributed by atoms with van der Waals surface area (Å²) >= 11 is 0. The zero-order valence-corrected chi connectivity index (χ0v) is 9.58. The molecule has 0 radical (unpaired) electrons. The van der Waals surface area contributed by atoms with Crippen LogP contribution in [0, 0.1) is 0 Å². The smallest absolute Gasteiger partial charge is 0.0223 e. The zero-order valence-electron chi connectivity index (χ0n) is 9.58. The highest BCUT2D eigenvalue weighted by atomic mass is 15.3. The zero-order chi connectivity index (χ0) is 9.84. The maximum absolute atomic E-state index is 2.64. The van der Waals surface area contributed by atoms with E-state index in [4.69, 9.17) is 0 Å². The first-order valence-electron chi connectivity index (χ1n) is 5.67. The van der Waals surface area contributed by atoms with Crippen LogP contribution in [-0.2, 0) is 0 Å². The molecule has 2 heteroatoms. The van der Waals surface area contributed by atoms with Crippen molar-refractivity contribution in [2.45, 2.75) is 46.2 Å². The van der Waals surface area contributed by atoms with Gasteiger partial charge in [-0.1, -0.05) is 13.8 Å². The SMILES string of the molecule is CCC1CN(CC)CCN1C(C)C. The first kappa shape index (κ1) is 11.0. The van der Waals surface area contributed by atoms with Crippen molar-refractivity contribution in [3.63, 3.8) is 0 Å². The van der Waals surface area contributed by atoms with Crippen LogP contribution in [0.5, 0.6) is 0 Å². The maximum atomic E-state index is 2.64. The van der Waals surface area contributed by atoms with E-state index in [1.54, 1.807) is 0 Å². The van der Waals surface area contributed by atoms with E-state index in [0.29, 0.717) is 6.04 Å². The monoisotopic (exact) mass is 184 g/mol. The number of likely N-dealkylation sites (N-methyl/N-ethyl adjacent to an activating group) is 1. The first-order valence-corrected chi connectivity index (χ1v) is 5.67. The van der Waals surface area contributed by atoms with Crippen LogP contribution < -0.4 is 0 Å². The standard InChI is InChI=1S/C11H24N2/c1-5-11-9-12(6-2)7-8-13(11)10(3)4/h10-11H,5-9H2,1-4H3. The van der Waals surface area contributed by atoms with Crippen LogP contribution in [0.15, 0.2) is 0 Å². The molecule has 0 aliphatic carbocycles. The molecule has 1 fully saturated rings. The third-order valence-corrected chi connectivity index (χ3v) is 3.19. The molecule has 1 saturated heterocycles. The van der Waals surface area contributed by atoms with Crippen molar-refractivity contribution in [1.29, 1.82) is 0 Å². The Hall–Kier alpha value is -0.0800. The van der Waals surface area contributed by atoms with Crippen LogP contribution in [0.1, 0.15) is 34.1 Å². The Labute approximate surface area is 82.9 Å². The highest BCUT2D eigenvalue weighted by Gasteiger charge is 2.26. The minimum Gasteiger partial charge on any atom is -0.301 e. The second kappa shape index (κ2) is 4.97. The van der Waals surface area contributed by atoms with Gasteiger partial charge in [0.2, 0.25) is 0 Å². The molecule has 0 amide bonds. The van der Waals surface area contributed by atoms with Gasteiger partial charge in [0.05, 0.1) is 0 Å². The molecular weight excluding hydrogens is 160 g/mol. The summed E-state index contributed by atoms with van der Waals surface area (Å²) in [6.07, 6.45) is 1.29. The van der Waals surface area contributed by atoms with Crippen LogP contribution in [0.2, 0.25) is 0 Å². The predicted molar refractivity (Wildman–Crippen MR) is 58.0 cm³/mol. The Bertz CT molecular complexity index is 145. The normalized spacial score (nSPS) is 27.0. The van der Waals surface area contributed by atoms with Gasteiger partial charge in [0, 0.05) is 31.7 Å². The third kappa shape index (κ3) is 2.68. The predicted octanol–water partition coefficient (Wildman–Crippen LogP) is 1.81. The summed E-state index contributed by atoms with van der Waals surface area (Å²) in [6, 6.07) is 1.50. The summed E-state index contributed by atoms with van der Waals surface area (Å²) in [6.45, 7) is 14.2. The summed E-state index contributed by atoms with van der Waals surface area (Å²) in [4.78, 5) is 5.21. The molecule has 1 rings (SSSR count). The average molecular weight is 184 g/mol. The van der Waals surface area contributed by atoms with Crippen molar-refractivity contribution < 1.29 is 0 Å². The van der Waals surface area contributed by atoms with Crippen molar-refractivity contribution in [2.24, 2.45) is 0 Å². The molecule has 13 heavy (non-hydrogen) atoms. The fourth-order valence-corrected chi connectivity index (χ4v) is 2.26. The van der Waals surface area contributed by atoms with Crippen molar-refractivity contribution in [2.75, 3.05) is 26.2 Å². The summed E-state index contributed by atoms with van der Waals surface area (Å²) in [5, 5.41) is 0. The van der Waals surface area contributed by atoms with Crippen LogP contribution >= 0.6 is 0 Å². The van der Waals surface area contributed by atoms with E-state index < -0.39 is 0 Å². The minimum absolute atomic E-state index is 0.712. The summed E-state index contributed by atoms with van der Waals surface area (Å²) in [5.41, 5.74) is 0. The van der Waals surface area contributed by atoms with E-state index >= 15 is 0 Å². The average Bonchev–Trinajstić information content (AvgIpc) is 2.16. The van der Waals surface area contributed by atoms with Gasteiger partial charge in [-0.2, -0.15) is 0 Å². The lowest BCUT2D eigenvalue weighted by Gasteiger charge is -2.43. The fraction of sp³-hybridized carbons (Fsp3) is 1.00. The van der Waals surface area contributed by atoms with E-state index in [1.165, 1.54) is 32.6 Å². The molecule has 78 valence electrons. The molecule has 0 spiro atoms. The van der Waals surface area contributed by atoms with Crippen molar-refractivity contribution >= 4 is 0 Å². The molecule has 0 aromatic heterocycles. The molecule has 1 unspecified atom stereocenters. The maximum Gasteiger partial charge on any atom is 0.0223 e. The second-order valence-corrected chi connectivity index (χ2v) is 4.29. The molecule has 0 saturated carbocycles. The van der Waals surface area contributed by atoms with Gasteiger partial charge in [0.25, 0.3) is 0 Å². The van der Waals surface area contributed by atoms with E-state index in [9.17, 15) is 0 Å².